The van der Waals surface area contributed by atoms with Crippen LogP contribution in [-0.2, 0) is 6.18 Å². The van der Waals surface area contributed by atoms with Crippen LogP contribution in [0.15, 0.2) is 18.3 Å². The molecule has 2 rings (SSSR count). The van der Waals surface area contributed by atoms with Gasteiger partial charge in [0, 0.05) is 18.5 Å². The average molecular weight is 234 g/mol. The smallest absolute Gasteiger partial charge is 0.360 e. The standard InChI is InChI=1S/C9H9F3N2S/c10-9(11,12)8-7(2-1-3-13-8)14-4-5-15-6-14/h1-3H,4-6H2. The third kappa shape index (κ3) is 2.19. The van der Waals surface area contributed by atoms with Crippen LogP contribution in [0.2, 0.25) is 0 Å². The Labute approximate surface area is 89.5 Å². The maximum atomic E-state index is 12.6. The zero-order chi connectivity index (χ0) is 10.9. The van der Waals surface area contributed by atoms with Crippen LogP contribution in [-0.4, -0.2) is 23.2 Å². The first-order valence-corrected chi connectivity index (χ1v) is 5.59. The van der Waals surface area contributed by atoms with Gasteiger partial charge in [-0.25, -0.2) is 4.98 Å². The van der Waals surface area contributed by atoms with E-state index >= 15 is 0 Å². The van der Waals surface area contributed by atoms with Gasteiger partial charge in [0.2, 0.25) is 0 Å². The van der Waals surface area contributed by atoms with Gasteiger partial charge < -0.3 is 4.90 Å². The third-order valence-corrected chi connectivity index (χ3v) is 3.11. The number of alkyl halides is 3. The quantitative estimate of drug-likeness (QED) is 0.743. The molecule has 6 heteroatoms. The monoisotopic (exact) mass is 234 g/mol. The molecule has 0 N–H and O–H groups in total. The molecule has 0 amide bonds. The Bertz CT molecular complexity index is 347. The van der Waals surface area contributed by atoms with Gasteiger partial charge in [0.25, 0.3) is 0 Å². The van der Waals surface area contributed by atoms with Crippen LogP contribution in [0.1, 0.15) is 5.69 Å². The van der Waals surface area contributed by atoms with Crippen LogP contribution < -0.4 is 4.90 Å². The number of halogens is 3. The highest BCUT2D eigenvalue weighted by Crippen LogP contribution is 2.36. The van der Waals surface area contributed by atoms with E-state index in [0.29, 0.717) is 12.4 Å². The largest absolute Gasteiger partial charge is 0.435 e. The molecule has 1 fully saturated rings. The van der Waals surface area contributed by atoms with Crippen LogP contribution in [0.25, 0.3) is 0 Å². The molecule has 2 heterocycles. The molecule has 0 unspecified atom stereocenters. The molecule has 0 radical (unpaired) electrons. The van der Waals surface area contributed by atoms with Crippen LogP contribution in [0.5, 0.6) is 0 Å². The molecule has 0 saturated carbocycles. The van der Waals surface area contributed by atoms with Crippen molar-refractivity contribution >= 4 is 17.4 Å². The normalized spacial score (nSPS) is 17.1. The summed E-state index contributed by atoms with van der Waals surface area (Å²) in [6, 6.07) is 3.01. The molecule has 1 aromatic rings. The zero-order valence-corrected chi connectivity index (χ0v) is 8.61. The second kappa shape index (κ2) is 3.92. The topological polar surface area (TPSA) is 16.1 Å². The van der Waals surface area contributed by atoms with Gasteiger partial charge in [-0.3, -0.25) is 0 Å². The Kier molecular flexibility index (Phi) is 2.77. The Balaban J connectivity index is 2.37. The van der Waals surface area contributed by atoms with Crippen molar-refractivity contribution in [2.75, 3.05) is 23.1 Å². The number of thioether (sulfide) groups is 1. The minimum absolute atomic E-state index is 0.190. The summed E-state index contributed by atoms with van der Waals surface area (Å²) in [5.41, 5.74) is -0.595. The predicted octanol–water partition coefficient (Wildman–Crippen LogP) is 2.61. The summed E-state index contributed by atoms with van der Waals surface area (Å²) >= 11 is 1.63. The van der Waals surface area contributed by atoms with E-state index in [1.54, 1.807) is 16.7 Å². The zero-order valence-electron chi connectivity index (χ0n) is 7.79. The maximum Gasteiger partial charge on any atom is 0.435 e. The van der Waals surface area contributed by atoms with Crippen molar-refractivity contribution in [2.24, 2.45) is 0 Å². The Morgan fingerprint density at radius 3 is 2.80 bits per heavy atom. The highest BCUT2D eigenvalue weighted by molar-refractivity contribution is 7.99. The van der Waals surface area contributed by atoms with E-state index in [1.807, 2.05) is 0 Å². The van der Waals surface area contributed by atoms with Crippen LogP contribution in [0, 0.1) is 0 Å². The SMILES string of the molecule is FC(F)(F)c1ncccc1N1CCSC1. The fourth-order valence-electron chi connectivity index (χ4n) is 1.47. The minimum Gasteiger partial charge on any atom is -0.360 e. The predicted molar refractivity (Wildman–Crippen MR) is 53.9 cm³/mol. The molecule has 82 valence electrons. The lowest BCUT2D eigenvalue weighted by Crippen LogP contribution is -2.23. The number of hydrogen-bond donors (Lipinski definition) is 0. The van der Waals surface area contributed by atoms with Gasteiger partial charge >= 0.3 is 6.18 Å². The number of pyridine rings is 1. The second-order valence-corrected chi connectivity index (χ2v) is 4.24. The van der Waals surface area contributed by atoms with Crippen molar-refractivity contribution in [3.05, 3.63) is 24.0 Å². The summed E-state index contributed by atoms with van der Waals surface area (Å²) in [5.74, 6) is 1.47. The van der Waals surface area contributed by atoms with Crippen molar-refractivity contribution in [2.45, 2.75) is 6.18 Å². The molecular weight excluding hydrogens is 225 g/mol. The third-order valence-electron chi connectivity index (χ3n) is 2.15. The van der Waals surface area contributed by atoms with Crippen molar-refractivity contribution in [1.29, 1.82) is 0 Å². The molecular formula is C9H9F3N2S. The highest BCUT2D eigenvalue weighted by atomic mass is 32.2. The summed E-state index contributed by atoms with van der Waals surface area (Å²) in [5, 5.41) is 0. The van der Waals surface area contributed by atoms with Gasteiger partial charge in [-0.2, -0.15) is 13.2 Å². The molecule has 0 atom stereocenters. The van der Waals surface area contributed by atoms with E-state index in [4.69, 9.17) is 0 Å². The van der Waals surface area contributed by atoms with E-state index in [9.17, 15) is 13.2 Å². The number of anilines is 1. The lowest BCUT2D eigenvalue weighted by molar-refractivity contribution is -0.140. The molecule has 1 aromatic heterocycles. The lowest BCUT2D eigenvalue weighted by Gasteiger charge is -2.20. The first kappa shape index (κ1) is 10.6. The van der Waals surface area contributed by atoms with E-state index in [0.717, 1.165) is 5.75 Å². The molecule has 0 aromatic carbocycles. The first-order valence-electron chi connectivity index (χ1n) is 4.44. The summed E-state index contributed by atoms with van der Waals surface area (Å²) in [6.07, 6.45) is -3.20. The molecule has 1 aliphatic rings. The fraction of sp³-hybridized carbons (Fsp3) is 0.444. The van der Waals surface area contributed by atoms with Gasteiger partial charge in [-0.05, 0) is 12.1 Å². The Hall–Kier alpha value is -0.910. The molecule has 0 bridgehead atoms. The van der Waals surface area contributed by atoms with Crippen molar-refractivity contribution in [3.63, 3.8) is 0 Å². The molecule has 0 aliphatic carbocycles. The lowest BCUT2D eigenvalue weighted by atomic mass is 10.2. The van der Waals surface area contributed by atoms with Crippen molar-refractivity contribution < 1.29 is 13.2 Å². The van der Waals surface area contributed by atoms with Crippen LogP contribution in [0.4, 0.5) is 18.9 Å². The fourth-order valence-corrected chi connectivity index (χ4v) is 2.44. The number of hydrogen-bond acceptors (Lipinski definition) is 3. The molecule has 1 saturated heterocycles. The summed E-state index contributed by atoms with van der Waals surface area (Å²) < 4.78 is 37.8. The average Bonchev–Trinajstić information content (AvgIpc) is 2.69. The number of nitrogens with zero attached hydrogens (tertiary/aromatic N) is 2. The molecule has 2 nitrogen and oxygen atoms in total. The van der Waals surface area contributed by atoms with E-state index in [1.165, 1.54) is 18.3 Å². The van der Waals surface area contributed by atoms with Crippen LogP contribution >= 0.6 is 11.8 Å². The Morgan fingerprint density at radius 1 is 1.40 bits per heavy atom. The highest BCUT2D eigenvalue weighted by Gasteiger charge is 2.37. The Morgan fingerprint density at radius 2 is 2.20 bits per heavy atom. The van der Waals surface area contributed by atoms with Gasteiger partial charge in [-0.1, -0.05) is 0 Å². The van der Waals surface area contributed by atoms with Gasteiger partial charge in [0.1, 0.15) is 0 Å². The molecule has 0 spiro atoms. The first-order chi connectivity index (χ1) is 7.09. The molecule has 1 aliphatic heterocycles. The summed E-state index contributed by atoms with van der Waals surface area (Å²) in [4.78, 5) is 5.13. The van der Waals surface area contributed by atoms with Gasteiger partial charge in [0.05, 0.1) is 11.6 Å². The van der Waals surface area contributed by atoms with E-state index in [-0.39, 0.29) is 5.69 Å². The minimum atomic E-state index is -4.37. The summed E-state index contributed by atoms with van der Waals surface area (Å²) in [6.45, 7) is 0.652. The van der Waals surface area contributed by atoms with Gasteiger partial charge in [0.15, 0.2) is 5.69 Å². The maximum absolute atomic E-state index is 12.6. The van der Waals surface area contributed by atoms with Crippen molar-refractivity contribution in [1.82, 2.24) is 4.98 Å². The van der Waals surface area contributed by atoms with Gasteiger partial charge in [-0.15, -0.1) is 11.8 Å². The second-order valence-electron chi connectivity index (χ2n) is 3.17. The van der Waals surface area contributed by atoms with E-state index < -0.39 is 11.9 Å². The van der Waals surface area contributed by atoms with Crippen LogP contribution in [0.3, 0.4) is 0 Å². The van der Waals surface area contributed by atoms with Crippen molar-refractivity contribution in [3.8, 4) is 0 Å². The molecule has 15 heavy (non-hydrogen) atoms. The van der Waals surface area contributed by atoms with E-state index in [2.05, 4.69) is 4.98 Å². The summed E-state index contributed by atoms with van der Waals surface area (Å²) in [7, 11) is 0. The number of rotatable bonds is 1. The number of aromatic nitrogens is 1.